The summed E-state index contributed by atoms with van der Waals surface area (Å²) in [5.41, 5.74) is 1.58. The highest BCUT2D eigenvalue weighted by atomic mass is 16.5. The fraction of sp³-hybridized carbons (Fsp3) is 0.269. The second-order valence-electron chi connectivity index (χ2n) is 9.30. The third-order valence-electron chi connectivity index (χ3n) is 7.20. The Bertz CT molecular complexity index is 1500. The van der Waals surface area contributed by atoms with E-state index in [2.05, 4.69) is 0 Å². The first kappa shape index (κ1) is 24.2. The first-order chi connectivity index (χ1) is 17.5. The van der Waals surface area contributed by atoms with Gasteiger partial charge >= 0.3 is 5.97 Å². The minimum atomic E-state index is -3.10. The number of hydrogen-bond acceptors (Lipinski definition) is 10. The Labute approximate surface area is 208 Å². The van der Waals surface area contributed by atoms with E-state index in [1.807, 2.05) is 0 Å². The molecule has 0 aliphatic heterocycles. The molecule has 5 rings (SSSR count). The van der Waals surface area contributed by atoms with Crippen molar-refractivity contribution in [2.24, 2.45) is 17.6 Å². The largest absolute Gasteiger partial charge is 0.507 e. The number of carbonyl (C=O) groups excluding carboxylic acids is 5. The number of Topliss-reactive ketones (excluding diaryl/α,β-unsaturated/α-hetero) is 3. The summed E-state index contributed by atoms with van der Waals surface area (Å²) < 4.78 is 5.60. The van der Waals surface area contributed by atoms with Crippen molar-refractivity contribution in [3.63, 3.8) is 0 Å². The lowest BCUT2D eigenvalue weighted by Gasteiger charge is -2.46. The number of hydrogen-bond donors (Lipinski definition) is 5. The van der Waals surface area contributed by atoms with Gasteiger partial charge in [0.15, 0.2) is 23.1 Å². The van der Waals surface area contributed by atoms with Crippen molar-refractivity contribution >= 4 is 40.0 Å². The topological polar surface area (TPSA) is 202 Å². The number of phenolic OH excluding ortho intramolecular Hbond substituents is 3. The summed E-state index contributed by atoms with van der Waals surface area (Å²) in [4.78, 5) is 64.4. The van der Waals surface area contributed by atoms with Crippen molar-refractivity contribution in [3.8, 4) is 17.2 Å². The first-order valence-corrected chi connectivity index (χ1v) is 11.4. The van der Waals surface area contributed by atoms with Gasteiger partial charge in [0.2, 0.25) is 11.7 Å². The predicted molar refractivity (Wildman–Crippen MR) is 124 cm³/mol. The van der Waals surface area contributed by atoms with Gasteiger partial charge in [0, 0.05) is 11.8 Å². The van der Waals surface area contributed by atoms with E-state index in [-0.39, 0.29) is 17.2 Å². The maximum Gasteiger partial charge on any atom is 0.310 e. The van der Waals surface area contributed by atoms with E-state index < -0.39 is 87.6 Å². The van der Waals surface area contributed by atoms with Gasteiger partial charge in [0.1, 0.15) is 23.4 Å². The van der Waals surface area contributed by atoms with Crippen LogP contribution in [0.25, 0.3) is 10.8 Å². The molecule has 0 saturated heterocycles. The number of phenols is 3. The normalized spacial score (nSPS) is 26.6. The van der Waals surface area contributed by atoms with Crippen molar-refractivity contribution < 1.29 is 49.1 Å². The molecule has 2 aromatic carbocycles. The van der Waals surface area contributed by atoms with Crippen LogP contribution in [0.5, 0.6) is 17.2 Å². The lowest BCUT2D eigenvalue weighted by atomic mass is 9.59. The second kappa shape index (κ2) is 8.27. The molecular weight excluding hydrogens is 486 g/mol. The molecule has 0 aromatic heterocycles. The maximum absolute atomic E-state index is 13.7. The minimum absolute atomic E-state index is 0.110. The highest BCUT2D eigenvalue weighted by molar-refractivity contribution is 6.32. The van der Waals surface area contributed by atoms with E-state index in [4.69, 9.17) is 10.5 Å². The summed E-state index contributed by atoms with van der Waals surface area (Å²) in [5, 5.41) is 43.6. The summed E-state index contributed by atoms with van der Waals surface area (Å²) in [5.74, 6) is -12.1. The van der Waals surface area contributed by atoms with Crippen molar-refractivity contribution in [2.45, 2.75) is 31.0 Å². The molecule has 2 aromatic rings. The van der Waals surface area contributed by atoms with E-state index in [1.165, 1.54) is 18.2 Å². The number of fused-ring (bicyclic) bond motifs is 3. The van der Waals surface area contributed by atoms with Gasteiger partial charge in [0.05, 0.1) is 28.9 Å². The Morgan fingerprint density at radius 3 is 2.49 bits per heavy atom. The monoisotopic (exact) mass is 507 g/mol. The Morgan fingerprint density at radius 1 is 1.11 bits per heavy atom. The van der Waals surface area contributed by atoms with Gasteiger partial charge in [-0.3, -0.25) is 24.0 Å². The van der Waals surface area contributed by atoms with Crippen LogP contribution in [0.4, 0.5) is 0 Å². The van der Waals surface area contributed by atoms with Crippen molar-refractivity contribution in [2.75, 3.05) is 0 Å². The van der Waals surface area contributed by atoms with Crippen LogP contribution in [0.1, 0.15) is 41.3 Å². The number of ketones is 3. The van der Waals surface area contributed by atoms with E-state index in [9.17, 15) is 44.4 Å². The number of aliphatic hydroxyl groups is 1. The molecule has 0 bridgehead atoms. The molecule has 11 nitrogen and oxygen atoms in total. The lowest BCUT2D eigenvalue weighted by molar-refractivity contribution is -0.173. The maximum atomic E-state index is 13.7. The average Bonchev–Trinajstić information content (AvgIpc) is 3.34. The molecule has 6 N–H and O–H groups in total. The second-order valence-corrected chi connectivity index (χ2v) is 9.30. The van der Waals surface area contributed by atoms with Crippen LogP contribution in [0.3, 0.4) is 0 Å². The number of amides is 1. The van der Waals surface area contributed by atoms with E-state index in [1.54, 1.807) is 18.2 Å². The van der Waals surface area contributed by atoms with Gasteiger partial charge in [-0.1, -0.05) is 35.9 Å². The summed E-state index contributed by atoms with van der Waals surface area (Å²) in [6.45, 7) is 0. The number of primary amides is 1. The first-order valence-electron chi connectivity index (χ1n) is 11.4. The van der Waals surface area contributed by atoms with E-state index in [0.29, 0.717) is 12.0 Å². The number of rotatable bonds is 4. The molecule has 1 unspecified atom stereocenters. The molecule has 190 valence electrons. The predicted octanol–water partition coefficient (Wildman–Crippen LogP) is 1.00. The zero-order valence-electron chi connectivity index (χ0n) is 19.1. The SMILES string of the molecule is NC(=O)C1C(=O)C[C@@H]2[C@@H](OC(=O)CC3=CC=CC3)c3c(c(O)c4c(O)cccc4c3O)C(=O)[C@]2(O)C1=O. The fourth-order valence-corrected chi connectivity index (χ4v) is 5.46. The number of allylic oxidation sites excluding steroid dienone is 3. The fourth-order valence-electron chi connectivity index (χ4n) is 5.46. The molecular formula is C26H21NO10. The molecule has 0 radical (unpaired) electrons. The van der Waals surface area contributed by atoms with Crippen molar-refractivity contribution in [3.05, 3.63) is 53.1 Å². The number of nitrogens with two attached hydrogens (primary N) is 1. The molecule has 1 amide bonds. The van der Waals surface area contributed by atoms with Crippen LogP contribution in [-0.2, 0) is 23.9 Å². The van der Waals surface area contributed by atoms with Crippen LogP contribution in [0, 0.1) is 11.8 Å². The Balaban J connectivity index is 1.75. The standard InChI is InChI=1S/C26H21NO10/c27-25(35)17-14(29)9-12-22(37-15(30)8-10-4-1-2-5-10)18-19(24(34)26(12,36)23(17)33)21(32)16-11(20(18)31)6-3-7-13(16)28/h1-4,6-7,12,17,22,28,31-32,36H,5,8-9H2,(H2,27,35)/t12-,17?,22-,26-/m1/s1. The molecule has 1 fully saturated rings. The van der Waals surface area contributed by atoms with Crippen molar-refractivity contribution in [1.29, 1.82) is 0 Å². The van der Waals surface area contributed by atoms with Crippen LogP contribution in [-0.4, -0.2) is 55.3 Å². The van der Waals surface area contributed by atoms with Gasteiger partial charge in [-0.05, 0) is 12.5 Å². The van der Waals surface area contributed by atoms with Crippen LogP contribution in [0.2, 0.25) is 0 Å². The molecule has 0 spiro atoms. The molecule has 0 heterocycles. The molecule has 11 heteroatoms. The Kier molecular flexibility index (Phi) is 5.41. The highest BCUT2D eigenvalue weighted by Gasteiger charge is 2.66. The van der Waals surface area contributed by atoms with Gasteiger partial charge in [-0.15, -0.1) is 0 Å². The Morgan fingerprint density at radius 2 is 1.84 bits per heavy atom. The molecule has 37 heavy (non-hydrogen) atoms. The zero-order chi connectivity index (χ0) is 26.8. The third kappa shape index (κ3) is 3.34. The summed E-state index contributed by atoms with van der Waals surface area (Å²) in [6, 6.07) is 3.85. The lowest BCUT2D eigenvalue weighted by Crippen LogP contribution is -2.65. The third-order valence-corrected chi connectivity index (χ3v) is 7.20. The Hall–Kier alpha value is -4.51. The van der Waals surface area contributed by atoms with E-state index in [0.717, 1.165) is 0 Å². The molecule has 4 atom stereocenters. The number of carbonyl (C=O) groups is 5. The molecule has 3 aliphatic rings. The van der Waals surface area contributed by atoms with Crippen LogP contribution >= 0.6 is 0 Å². The minimum Gasteiger partial charge on any atom is -0.507 e. The van der Waals surface area contributed by atoms with Crippen molar-refractivity contribution in [1.82, 2.24) is 0 Å². The summed E-state index contributed by atoms with van der Waals surface area (Å²) in [6.07, 6.45) is 3.00. The molecule has 1 saturated carbocycles. The number of aromatic hydroxyl groups is 3. The van der Waals surface area contributed by atoms with E-state index >= 15 is 0 Å². The number of esters is 1. The number of ether oxygens (including phenoxy) is 1. The highest BCUT2D eigenvalue weighted by Crippen LogP contribution is 2.56. The summed E-state index contributed by atoms with van der Waals surface area (Å²) >= 11 is 0. The molecule has 3 aliphatic carbocycles. The van der Waals surface area contributed by atoms with Crippen LogP contribution in [0.15, 0.2) is 42.0 Å². The van der Waals surface area contributed by atoms with Gasteiger partial charge < -0.3 is 30.9 Å². The van der Waals surface area contributed by atoms with Gasteiger partial charge in [-0.2, -0.15) is 0 Å². The van der Waals surface area contributed by atoms with Crippen LogP contribution < -0.4 is 5.73 Å². The quantitative estimate of drug-likeness (QED) is 0.226. The number of benzene rings is 2. The summed E-state index contributed by atoms with van der Waals surface area (Å²) in [7, 11) is 0. The zero-order valence-corrected chi connectivity index (χ0v) is 19.1. The smallest absolute Gasteiger partial charge is 0.310 e. The average molecular weight is 507 g/mol. The van der Waals surface area contributed by atoms with Gasteiger partial charge in [0.25, 0.3) is 0 Å². The van der Waals surface area contributed by atoms with Gasteiger partial charge in [-0.25, -0.2) is 0 Å².